The molecule has 2 heterocycles. The smallest absolute Gasteiger partial charge is 0.227 e. The molecular formula is C24H33N3O2. The molecule has 0 aromatic heterocycles. The Labute approximate surface area is 173 Å². The molecule has 5 atom stereocenters. The molecule has 0 spiro atoms. The van der Waals surface area contributed by atoms with Gasteiger partial charge in [-0.15, -0.1) is 0 Å². The highest BCUT2D eigenvalue weighted by Crippen LogP contribution is 2.49. The lowest BCUT2D eigenvalue weighted by atomic mass is 9.84. The summed E-state index contributed by atoms with van der Waals surface area (Å²) in [6.07, 6.45) is 8.17. The molecule has 2 saturated carbocycles. The third kappa shape index (κ3) is 3.64. The van der Waals surface area contributed by atoms with E-state index in [-0.39, 0.29) is 23.8 Å². The van der Waals surface area contributed by atoms with Crippen molar-refractivity contribution in [3.63, 3.8) is 0 Å². The molecule has 5 nitrogen and oxygen atoms in total. The average molecular weight is 396 g/mol. The van der Waals surface area contributed by atoms with Gasteiger partial charge in [-0.05, 0) is 81.0 Å². The predicted octanol–water partition coefficient (Wildman–Crippen LogP) is 3.58. The van der Waals surface area contributed by atoms with Crippen LogP contribution in [0.5, 0.6) is 0 Å². The summed E-state index contributed by atoms with van der Waals surface area (Å²) in [5, 5.41) is 3.26. The number of amides is 2. The van der Waals surface area contributed by atoms with Gasteiger partial charge in [-0.25, -0.2) is 0 Å². The van der Waals surface area contributed by atoms with Crippen LogP contribution in [0.4, 0.5) is 11.4 Å². The van der Waals surface area contributed by atoms with E-state index in [0.717, 1.165) is 30.6 Å². The molecule has 4 aliphatic rings. The number of hydrogen-bond acceptors (Lipinski definition) is 3. The Hall–Kier alpha value is -2.04. The summed E-state index contributed by atoms with van der Waals surface area (Å²) < 4.78 is 0. The van der Waals surface area contributed by atoms with Gasteiger partial charge >= 0.3 is 0 Å². The van der Waals surface area contributed by atoms with Crippen LogP contribution in [-0.2, 0) is 9.59 Å². The first-order chi connectivity index (χ1) is 14.1. The zero-order valence-corrected chi connectivity index (χ0v) is 17.5. The van der Waals surface area contributed by atoms with E-state index in [1.807, 2.05) is 12.1 Å². The number of carbonyl (C=O) groups excluding carboxylic acids is 2. The van der Waals surface area contributed by atoms with Crippen molar-refractivity contribution in [2.75, 3.05) is 29.4 Å². The van der Waals surface area contributed by atoms with Crippen LogP contribution in [-0.4, -0.2) is 37.5 Å². The third-order valence-corrected chi connectivity index (χ3v) is 7.93. The van der Waals surface area contributed by atoms with Crippen LogP contribution in [0, 0.1) is 23.7 Å². The number of nitrogens with zero attached hydrogens (tertiary/aromatic N) is 2. The normalized spacial score (nSPS) is 32.2. The second-order valence-electron chi connectivity index (χ2n) is 9.75. The van der Waals surface area contributed by atoms with E-state index in [4.69, 9.17) is 0 Å². The number of nitrogens with one attached hydrogen (secondary N) is 1. The molecule has 2 amide bonds. The van der Waals surface area contributed by atoms with Gasteiger partial charge in [-0.2, -0.15) is 0 Å². The summed E-state index contributed by atoms with van der Waals surface area (Å²) in [6, 6.07) is 8.51. The van der Waals surface area contributed by atoms with E-state index in [1.54, 1.807) is 4.90 Å². The number of fused-ring (bicyclic) bond motifs is 2. The van der Waals surface area contributed by atoms with E-state index < -0.39 is 0 Å². The van der Waals surface area contributed by atoms with Gasteiger partial charge in [0.2, 0.25) is 11.8 Å². The molecule has 5 rings (SSSR count). The SMILES string of the molecule is CC(NC(=O)C1CC(=O)N(c2ccc(N3CCCC3)cc2)C1)C1CC2CCC1C2. The number of hydrogen-bond donors (Lipinski definition) is 1. The Morgan fingerprint density at radius 1 is 1.07 bits per heavy atom. The van der Waals surface area contributed by atoms with E-state index in [1.165, 1.54) is 44.2 Å². The quantitative estimate of drug-likeness (QED) is 0.829. The molecule has 1 aromatic carbocycles. The number of benzene rings is 1. The molecule has 2 aliphatic heterocycles. The maximum atomic E-state index is 12.9. The number of rotatable bonds is 5. The molecule has 0 radical (unpaired) electrons. The first kappa shape index (κ1) is 19.0. The summed E-state index contributed by atoms with van der Waals surface area (Å²) in [5.74, 6) is 2.20. The monoisotopic (exact) mass is 395 g/mol. The van der Waals surface area contributed by atoms with Gasteiger partial charge in [0.25, 0.3) is 0 Å². The van der Waals surface area contributed by atoms with Gasteiger partial charge < -0.3 is 15.1 Å². The summed E-state index contributed by atoms with van der Waals surface area (Å²) in [6.45, 7) is 4.89. The Morgan fingerprint density at radius 3 is 2.45 bits per heavy atom. The van der Waals surface area contributed by atoms with Gasteiger partial charge in [0.15, 0.2) is 0 Å². The van der Waals surface area contributed by atoms with E-state index in [2.05, 4.69) is 29.3 Å². The third-order valence-electron chi connectivity index (χ3n) is 7.93. The van der Waals surface area contributed by atoms with Crippen molar-refractivity contribution in [1.82, 2.24) is 5.32 Å². The highest BCUT2D eigenvalue weighted by Gasteiger charge is 2.43. The van der Waals surface area contributed by atoms with Crippen LogP contribution in [0.2, 0.25) is 0 Å². The van der Waals surface area contributed by atoms with Crippen LogP contribution in [0.1, 0.15) is 51.9 Å². The summed E-state index contributed by atoms with van der Waals surface area (Å²) >= 11 is 0. The standard InChI is InChI=1S/C24H33N3O2/c1-16(22-13-17-4-5-18(22)12-17)25-24(29)19-14-23(28)27(15-19)21-8-6-20(7-9-21)26-10-2-3-11-26/h6-9,16-19,22H,2-5,10-15H2,1H3,(H,25,29). The summed E-state index contributed by atoms with van der Waals surface area (Å²) in [7, 11) is 0. The van der Waals surface area contributed by atoms with Crippen molar-refractivity contribution in [2.24, 2.45) is 23.7 Å². The van der Waals surface area contributed by atoms with Gasteiger partial charge in [-0.3, -0.25) is 9.59 Å². The lowest BCUT2D eigenvalue weighted by Crippen LogP contribution is -2.43. The van der Waals surface area contributed by atoms with E-state index in [0.29, 0.717) is 18.9 Å². The fraction of sp³-hybridized carbons (Fsp3) is 0.667. The van der Waals surface area contributed by atoms with Crippen molar-refractivity contribution < 1.29 is 9.59 Å². The lowest BCUT2D eigenvalue weighted by molar-refractivity contribution is -0.127. The topological polar surface area (TPSA) is 52.7 Å². The first-order valence-electron chi connectivity index (χ1n) is 11.5. The van der Waals surface area contributed by atoms with Crippen LogP contribution in [0.25, 0.3) is 0 Å². The van der Waals surface area contributed by atoms with Crippen molar-refractivity contribution in [2.45, 2.75) is 57.9 Å². The van der Waals surface area contributed by atoms with Crippen LogP contribution < -0.4 is 15.1 Å². The second-order valence-corrected chi connectivity index (χ2v) is 9.75. The van der Waals surface area contributed by atoms with Crippen LogP contribution >= 0.6 is 0 Å². The van der Waals surface area contributed by atoms with Crippen molar-refractivity contribution in [3.8, 4) is 0 Å². The predicted molar refractivity (Wildman–Crippen MR) is 115 cm³/mol. The van der Waals surface area contributed by atoms with Crippen LogP contribution in [0.15, 0.2) is 24.3 Å². The zero-order chi connectivity index (χ0) is 20.0. The van der Waals surface area contributed by atoms with Crippen molar-refractivity contribution in [3.05, 3.63) is 24.3 Å². The lowest BCUT2D eigenvalue weighted by Gasteiger charge is -2.29. The Kier molecular flexibility index (Phi) is 5.00. The number of carbonyl (C=O) groups is 2. The first-order valence-corrected chi connectivity index (χ1v) is 11.5. The molecule has 5 unspecified atom stereocenters. The second kappa shape index (κ2) is 7.66. The van der Waals surface area contributed by atoms with Crippen LogP contribution in [0.3, 0.4) is 0 Å². The van der Waals surface area contributed by atoms with E-state index >= 15 is 0 Å². The maximum Gasteiger partial charge on any atom is 0.227 e. The number of anilines is 2. The van der Waals surface area contributed by atoms with Gasteiger partial charge in [-0.1, -0.05) is 6.42 Å². The minimum atomic E-state index is -0.234. The van der Waals surface area contributed by atoms with Crippen molar-refractivity contribution >= 4 is 23.2 Å². The van der Waals surface area contributed by atoms with Gasteiger partial charge in [0, 0.05) is 43.5 Å². The molecule has 5 heteroatoms. The summed E-state index contributed by atoms with van der Waals surface area (Å²) in [4.78, 5) is 29.7. The maximum absolute atomic E-state index is 12.9. The molecule has 156 valence electrons. The van der Waals surface area contributed by atoms with Crippen molar-refractivity contribution in [1.29, 1.82) is 0 Å². The fourth-order valence-electron chi connectivity index (χ4n) is 6.31. The Bertz CT molecular complexity index is 771. The molecule has 1 N–H and O–H groups in total. The molecule has 2 bridgehead atoms. The van der Waals surface area contributed by atoms with Gasteiger partial charge in [0.05, 0.1) is 5.92 Å². The highest BCUT2D eigenvalue weighted by atomic mass is 16.2. The molecule has 4 fully saturated rings. The highest BCUT2D eigenvalue weighted by molar-refractivity contribution is 6.00. The summed E-state index contributed by atoms with van der Waals surface area (Å²) in [5.41, 5.74) is 2.14. The Balaban J connectivity index is 1.19. The van der Waals surface area contributed by atoms with E-state index in [9.17, 15) is 9.59 Å². The molecule has 1 aromatic rings. The molecule has 2 aliphatic carbocycles. The largest absolute Gasteiger partial charge is 0.372 e. The molecule has 2 saturated heterocycles. The fourth-order valence-corrected chi connectivity index (χ4v) is 6.31. The van der Waals surface area contributed by atoms with Gasteiger partial charge in [0.1, 0.15) is 0 Å². The average Bonchev–Trinajstić information content (AvgIpc) is 3.51. The zero-order valence-electron chi connectivity index (χ0n) is 17.5. The Morgan fingerprint density at radius 2 is 1.79 bits per heavy atom. The molecule has 29 heavy (non-hydrogen) atoms. The minimum Gasteiger partial charge on any atom is -0.372 e. The molecular weight excluding hydrogens is 362 g/mol. The minimum absolute atomic E-state index is 0.0600.